The first-order chi connectivity index (χ1) is 23.5. The van der Waals surface area contributed by atoms with E-state index in [0.717, 1.165) is 33.5 Å². The normalized spacial score (nSPS) is 12.7. The Balaban J connectivity index is 0.00000583. The van der Waals surface area contributed by atoms with Gasteiger partial charge in [-0.05, 0) is 70.0 Å². The molecule has 0 radical (unpaired) electrons. The number of rotatable bonds is 12. The van der Waals surface area contributed by atoms with E-state index in [9.17, 15) is 26.2 Å². The largest absolute Gasteiger partial charge is 1.00 e. The Bertz CT molecular complexity index is 2180. The third-order valence-electron chi connectivity index (χ3n) is 8.47. The van der Waals surface area contributed by atoms with Crippen molar-refractivity contribution in [3.8, 4) is 22.5 Å². The second-order valence-corrected chi connectivity index (χ2v) is 17.0. The van der Waals surface area contributed by atoms with Crippen LogP contribution in [-0.4, -0.2) is 63.2 Å². The van der Waals surface area contributed by atoms with Crippen LogP contribution in [0.3, 0.4) is 0 Å². The zero-order valence-electron chi connectivity index (χ0n) is 29.6. The summed E-state index contributed by atoms with van der Waals surface area (Å²) < 4.78 is 64.8. The Kier molecular flexibility index (Phi) is 12.9. The summed E-state index contributed by atoms with van der Waals surface area (Å²) in [7, 11) is -4.96. The number of aromatic nitrogens is 1. The Labute approximate surface area is 322 Å². The van der Waals surface area contributed by atoms with Gasteiger partial charge in [0.05, 0.1) is 26.5 Å². The molecule has 0 fully saturated rings. The molecule has 0 saturated carbocycles. The molecular formula is C38H40N3NaO7S2. The standard InChI is InChI=1S/C38H41N3O7S2.Na/c1-38(2,3)32-17-13-28(14-18-32)34(23-26-9-11-29(12-10-26)37(42)39-21-22-49(43,44)45)35-25-36(48-40-35)31-8-6-7-30(24-31)27-15-19-33(20-16-27)50(46,47)41(4)5;/h6-20,24-25,34H,21-23H2,1-5H3,(H,39,42)(H,43,44,45);/q;+1/p-1. The number of carbonyl (C=O) groups is 1. The first-order valence-corrected chi connectivity index (χ1v) is 19.0. The van der Waals surface area contributed by atoms with Crippen molar-refractivity contribution in [2.75, 3.05) is 26.4 Å². The van der Waals surface area contributed by atoms with E-state index in [1.807, 2.05) is 42.5 Å². The summed E-state index contributed by atoms with van der Waals surface area (Å²) >= 11 is 0. The molecular weight excluding hydrogens is 698 g/mol. The Hall–Kier alpha value is -3.62. The van der Waals surface area contributed by atoms with Gasteiger partial charge in [-0.25, -0.2) is 21.1 Å². The molecule has 262 valence electrons. The van der Waals surface area contributed by atoms with E-state index in [0.29, 0.717) is 17.7 Å². The number of benzene rings is 4. The van der Waals surface area contributed by atoms with Gasteiger partial charge in [0, 0.05) is 43.8 Å². The zero-order chi connectivity index (χ0) is 36.3. The minimum atomic E-state index is -4.42. The third kappa shape index (κ3) is 10.3. The summed E-state index contributed by atoms with van der Waals surface area (Å²) in [5.74, 6) is -0.741. The summed E-state index contributed by atoms with van der Waals surface area (Å²) in [6, 6.07) is 31.9. The molecule has 1 heterocycles. The molecule has 5 rings (SSSR count). The molecule has 1 unspecified atom stereocenters. The average Bonchev–Trinajstić information content (AvgIpc) is 3.57. The second-order valence-electron chi connectivity index (χ2n) is 13.4. The molecule has 1 amide bonds. The predicted octanol–water partition coefficient (Wildman–Crippen LogP) is 3.21. The molecule has 0 saturated heterocycles. The van der Waals surface area contributed by atoms with Gasteiger partial charge in [0.2, 0.25) is 10.0 Å². The maximum atomic E-state index is 12.5. The number of amides is 1. The minimum Gasteiger partial charge on any atom is -0.748 e. The van der Waals surface area contributed by atoms with Crippen LogP contribution in [0.15, 0.2) is 113 Å². The number of sulfonamides is 1. The van der Waals surface area contributed by atoms with E-state index >= 15 is 0 Å². The number of hydrogen-bond donors (Lipinski definition) is 1. The molecule has 1 N–H and O–H groups in total. The molecule has 13 heteroatoms. The fraction of sp³-hybridized carbons (Fsp3) is 0.263. The van der Waals surface area contributed by atoms with Crippen LogP contribution in [-0.2, 0) is 32.0 Å². The Morgan fingerprint density at radius 1 is 0.843 bits per heavy atom. The van der Waals surface area contributed by atoms with Gasteiger partial charge in [0.15, 0.2) is 5.76 Å². The van der Waals surface area contributed by atoms with Crippen molar-refractivity contribution in [3.05, 3.63) is 131 Å². The third-order valence-corrected chi connectivity index (χ3v) is 11.0. The molecule has 0 bridgehead atoms. The van der Waals surface area contributed by atoms with Crippen LogP contribution in [0.2, 0.25) is 0 Å². The average molecular weight is 738 g/mol. The predicted molar refractivity (Wildman–Crippen MR) is 192 cm³/mol. The fourth-order valence-electron chi connectivity index (χ4n) is 5.50. The van der Waals surface area contributed by atoms with Gasteiger partial charge in [0.1, 0.15) is 0 Å². The number of nitrogens with zero attached hydrogens (tertiary/aromatic N) is 2. The monoisotopic (exact) mass is 737 g/mol. The van der Waals surface area contributed by atoms with Crippen molar-refractivity contribution in [2.45, 2.75) is 43.4 Å². The van der Waals surface area contributed by atoms with Crippen molar-refractivity contribution in [1.29, 1.82) is 0 Å². The van der Waals surface area contributed by atoms with Crippen molar-refractivity contribution in [3.63, 3.8) is 0 Å². The molecule has 1 atom stereocenters. The molecule has 10 nitrogen and oxygen atoms in total. The quantitative estimate of drug-likeness (QED) is 0.152. The number of carbonyl (C=O) groups excluding carboxylic acids is 1. The van der Waals surface area contributed by atoms with E-state index in [4.69, 9.17) is 4.52 Å². The number of nitrogens with one attached hydrogen (secondary N) is 1. The van der Waals surface area contributed by atoms with Crippen molar-refractivity contribution in [2.24, 2.45) is 0 Å². The smallest absolute Gasteiger partial charge is 0.748 e. The molecule has 51 heavy (non-hydrogen) atoms. The zero-order valence-corrected chi connectivity index (χ0v) is 33.2. The molecule has 4 aromatic carbocycles. The Morgan fingerprint density at radius 2 is 1.47 bits per heavy atom. The van der Waals surface area contributed by atoms with Crippen molar-refractivity contribution >= 4 is 26.0 Å². The van der Waals surface area contributed by atoms with Gasteiger partial charge in [-0.15, -0.1) is 0 Å². The summed E-state index contributed by atoms with van der Waals surface area (Å²) in [6.45, 7) is 6.22. The summed E-state index contributed by atoms with van der Waals surface area (Å²) in [5.41, 5.74) is 6.80. The van der Waals surface area contributed by atoms with Crippen LogP contribution in [0.25, 0.3) is 22.5 Å². The number of hydrogen-bond acceptors (Lipinski definition) is 8. The topological polar surface area (TPSA) is 150 Å². The van der Waals surface area contributed by atoms with Crippen molar-refractivity contribution in [1.82, 2.24) is 14.8 Å². The van der Waals surface area contributed by atoms with E-state index in [2.05, 4.69) is 55.5 Å². The molecule has 0 spiro atoms. The minimum absolute atomic E-state index is 0. The van der Waals surface area contributed by atoms with Crippen LogP contribution in [0.5, 0.6) is 0 Å². The molecule has 0 aliphatic heterocycles. The van der Waals surface area contributed by atoms with Gasteiger partial charge in [0.25, 0.3) is 5.91 Å². The first kappa shape index (κ1) is 40.2. The maximum absolute atomic E-state index is 12.5. The Morgan fingerprint density at radius 3 is 2.06 bits per heavy atom. The van der Waals surface area contributed by atoms with Crippen LogP contribution >= 0.6 is 0 Å². The van der Waals surface area contributed by atoms with Crippen molar-refractivity contribution < 1.29 is 60.3 Å². The van der Waals surface area contributed by atoms with Crippen LogP contribution in [0, 0.1) is 0 Å². The van der Waals surface area contributed by atoms with Crippen LogP contribution in [0.4, 0.5) is 0 Å². The van der Waals surface area contributed by atoms with E-state index in [-0.39, 0.29) is 52.3 Å². The molecule has 1 aromatic heterocycles. The summed E-state index contributed by atoms with van der Waals surface area (Å²) in [5, 5.41) is 6.97. The van der Waals surface area contributed by atoms with E-state index in [1.165, 1.54) is 24.0 Å². The van der Waals surface area contributed by atoms with Crippen LogP contribution < -0.4 is 34.9 Å². The van der Waals surface area contributed by atoms with Gasteiger partial charge >= 0.3 is 29.6 Å². The van der Waals surface area contributed by atoms with Gasteiger partial charge in [-0.1, -0.05) is 92.7 Å². The van der Waals surface area contributed by atoms with E-state index in [1.54, 1.807) is 36.4 Å². The fourth-order valence-corrected chi connectivity index (χ4v) is 6.75. The molecule has 5 aromatic rings. The van der Waals surface area contributed by atoms with Gasteiger partial charge < -0.3 is 14.4 Å². The maximum Gasteiger partial charge on any atom is 1.00 e. The SMILES string of the molecule is CN(C)S(=O)(=O)c1ccc(-c2cccc(-c3cc(C(Cc4ccc(C(=O)NCCS(=O)(=O)[O-])cc4)c4ccc(C(C)(C)C)cc4)no3)c2)cc1.[Na+]. The van der Waals surface area contributed by atoms with E-state index < -0.39 is 31.8 Å². The molecule has 0 aliphatic carbocycles. The van der Waals surface area contributed by atoms with Crippen LogP contribution in [0.1, 0.15) is 59.4 Å². The second kappa shape index (κ2) is 16.4. The van der Waals surface area contributed by atoms with Gasteiger partial charge in [-0.3, -0.25) is 4.79 Å². The molecule has 0 aliphatic rings. The summed E-state index contributed by atoms with van der Waals surface area (Å²) in [6.07, 6.45) is 0.555. The van der Waals surface area contributed by atoms with Gasteiger partial charge in [-0.2, -0.15) is 0 Å². The first-order valence-electron chi connectivity index (χ1n) is 16.0. The summed E-state index contributed by atoms with van der Waals surface area (Å²) in [4.78, 5) is 12.7.